The Morgan fingerprint density at radius 2 is 2.19 bits per heavy atom. The van der Waals surface area contributed by atoms with Crippen molar-refractivity contribution >= 4 is 15.8 Å². The molecule has 9 heteroatoms. The molecule has 2 aromatic rings. The van der Waals surface area contributed by atoms with E-state index >= 15 is 0 Å². The molecular formula is C12H20N6O2S. The number of nitrogen functional groups attached to an aromatic ring is 1. The van der Waals surface area contributed by atoms with Crippen LogP contribution in [-0.2, 0) is 23.1 Å². The summed E-state index contributed by atoms with van der Waals surface area (Å²) in [4.78, 5) is 3.99. The van der Waals surface area contributed by atoms with Gasteiger partial charge in [0.1, 0.15) is 4.90 Å². The van der Waals surface area contributed by atoms with Crippen molar-refractivity contribution in [3.8, 4) is 0 Å². The molecule has 8 nitrogen and oxygen atoms in total. The number of nitrogens with zero attached hydrogens (tertiary/aromatic N) is 4. The number of unbranched alkanes of at least 4 members (excludes halogenated alkanes) is 1. The van der Waals surface area contributed by atoms with Gasteiger partial charge in [0, 0.05) is 38.2 Å². The third-order valence-electron chi connectivity index (χ3n) is 3.06. The zero-order chi connectivity index (χ0) is 15.3. The minimum Gasteiger partial charge on any atom is -0.381 e. The molecule has 2 aromatic heterocycles. The van der Waals surface area contributed by atoms with Crippen LogP contribution in [0.5, 0.6) is 0 Å². The Morgan fingerprint density at radius 3 is 2.81 bits per heavy atom. The molecule has 0 atom stereocenters. The van der Waals surface area contributed by atoms with E-state index in [9.17, 15) is 8.42 Å². The predicted octanol–water partition coefficient (Wildman–Crippen LogP) is 0.440. The van der Waals surface area contributed by atoms with Crippen molar-refractivity contribution in [2.45, 2.75) is 37.8 Å². The van der Waals surface area contributed by atoms with Crippen molar-refractivity contribution in [3.05, 3.63) is 24.9 Å². The highest BCUT2D eigenvalue weighted by Gasteiger charge is 2.20. The topological polar surface area (TPSA) is 108 Å². The number of nitrogens with two attached hydrogens (primary N) is 1. The lowest BCUT2D eigenvalue weighted by molar-refractivity contribution is 0.566. The van der Waals surface area contributed by atoms with Crippen LogP contribution in [0.2, 0.25) is 0 Å². The minimum absolute atomic E-state index is 0.0303. The predicted molar refractivity (Wildman–Crippen MR) is 79.0 cm³/mol. The summed E-state index contributed by atoms with van der Waals surface area (Å²) in [5.41, 5.74) is 5.64. The maximum absolute atomic E-state index is 12.1. The average Bonchev–Trinajstić information content (AvgIpc) is 3.07. The van der Waals surface area contributed by atoms with Crippen molar-refractivity contribution < 1.29 is 8.42 Å². The highest BCUT2D eigenvalue weighted by Crippen LogP contribution is 2.15. The lowest BCUT2D eigenvalue weighted by Gasteiger charge is -2.05. The molecule has 0 saturated carbocycles. The quantitative estimate of drug-likeness (QED) is 0.688. The first kappa shape index (κ1) is 15.5. The van der Waals surface area contributed by atoms with Crippen LogP contribution in [0.15, 0.2) is 29.8 Å². The number of rotatable bonds is 8. The molecule has 0 amide bonds. The van der Waals surface area contributed by atoms with Crippen LogP contribution in [-0.4, -0.2) is 34.3 Å². The molecule has 0 aromatic carbocycles. The Morgan fingerprint density at radius 1 is 1.38 bits per heavy atom. The van der Waals surface area contributed by atoms with Crippen LogP contribution in [0.4, 0.5) is 5.82 Å². The summed E-state index contributed by atoms with van der Waals surface area (Å²) >= 11 is 0. The normalized spacial score (nSPS) is 11.9. The fourth-order valence-corrected chi connectivity index (χ4v) is 3.05. The Kier molecular flexibility index (Phi) is 4.97. The fourth-order valence-electron chi connectivity index (χ4n) is 1.91. The van der Waals surface area contributed by atoms with Crippen LogP contribution < -0.4 is 10.5 Å². The van der Waals surface area contributed by atoms with Gasteiger partial charge in [0.05, 0.1) is 6.33 Å². The SMILES string of the molecule is CCn1cc(S(=O)(=O)NCCCCn2ccnc2)c(N)n1. The fraction of sp³-hybridized carbons (Fsp3) is 0.500. The molecule has 0 spiro atoms. The Balaban J connectivity index is 1.82. The Hall–Kier alpha value is -1.87. The summed E-state index contributed by atoms with van der Waals surface area (Å²) in [6.45, 7) is 3.63. The number of nitrogens with one attached hydrogen (secondary N) is 1. The molecular weight excluding hydrogens is 292 g/mol. The van der Waals surface area contributed by atoms with E-state index in [1.54, 1.807) is 12.5 Å². The first-order chi connectivity index (χ1) is 10.0. The van der Waals surface area contributed by atoms with E-state index in [1.165, 1.54) is 10.9 Å². The summed E-state index contributed by atoms with van der Waals surface area (Å²) < 4.78 is 30.2. The molecule has 0 bridgehead atoms. The van der Waals surface area contributed by atoms with E-state index in [0.29, 0.717) is 13.1 Å². The van der Waals surface area contributed by atoms with E-state index in [1.807, 2.05) is 17.7 Å². The van der Waals surface area contributed by atoms with Gasteiger partial charge in [-0.25, -0.2) is 18.1 Å². The lowest BCUT2D eigenvalue weighted by Crippen LogP contribution is -2.25. The molecule has 0 saturated heterocycles. The van der Waals surface area contributed by atoms with Crippen molar-refractivity contribution in [1.82, 2.24) is 24.1 Å². The highest BCUT2D eigenvalue weighted by atomic mass is 32.2. The largest absolute Gasteiger partial charge is 0.381 e. The third kappa shape index (κ3) is 4.05. The second-order valence-corrected chi connectivity index (χ2v) is 6.38. The molecule has 0 fully saturated rings. The second-order valence-electron chi connectivity index (χ2n) is 4.64. The molecule has 116 valence electrons. The van der Waals surface area contributed by atoms with E-state index < -0.39 is 10.0 Å². The van der Waals surface area contributed by atoms with Gasteiger partial charge >= 0.3 is 0 Å². The number of anilines is 1. The van der Waals surface area contributed by atoms with Crippen LogP contribution in [0.25, 0.3) is 0 Å². The highest BCUT2D eigenvalue weighted by molar-refractivity contribution is 7.89. The molecule has 0 radical (unpaired) electrons. The van der Waals surface area contributed by atoms with Crippen LogP contribution >= 0.6 is 0 Å². The lowest BCUT2D eigenvalue weighted by atomic mass is 10.3. The molecule has 0 unspecified atom stereocenters. The zero-order valence-corrected chi connectivity index (χ0v) is 12.8. The first-order valence-corrected chi connectivity index (χ1v) is 8.29. The van der Waals surface area contributed by atoms with Gasteiger partial charge in [-0.1, -0.05) is 0 Å². The first-order valence-electron chi connectivity index (χ1n) is 6.81. The molecule has 2 heterocycles. The monoisotopic (exact) mass is 312 g/mol. The van der Waals surface area contributed by atoms with Gasteiger partial charge < -0.3 is 10.3 Å². The summed E-state index contributed by atoms with van der Waals surface area (Å²) in [6.07, 6.45) is 8.38. The zero-order valence-electron chi connectivity index (χ0n) is 11.9. The number of aromatic nitrogens is 4. The van der Waals surface area contributed by atoms with Crippen molar-refractivity contribution in [1.29, 1.82) is 0 Å². The van der Waals surface area contributed by atoms with Crippen molar-refractivity contribution in [2.24, 2.45) is 0 Å². The van der Waals surface area contributed by atoms with E-state index in [2.05, 4.69) is 14.8 Å². The van der Waals surface area contributed by atoms with Gasteiger partial charge in [0.25, 0.3) is 0 Å². The Bertz CT molecular complexity index is 662. The number of aryl methyl sites for hydroxylation is 2. The molecule has 0 aliphatic rings. The van der Waals surface area contributed by atoms with Crippen LogP contribution in [0.3, 0.4) is 0 Å². The molecule has 0 aliphatic carbocycles. The summed E-state index contributed by atoms with van der Waals surface area (Å²) in [6, 6.07) is 0. The maximum atomic E-state index is 12.1. The number of hydrogen-bond donors (Lipinski definition) is 2. The van der Waals surface area contributed by atoms with E-state index in [-0.39, 0.29) is 10.7 Å². The standard InChI is InChI=1S/C12H20N6O2S/c1-2-18-9-11(12(13)16-18)21(19,20)15-5-3-4-7-17-8-6-14-10-17/h6,8-10,15H,2-5,7H2,1H3,(H2,13,16). The van der Waals surface area contributed by atoms with E-state index in [4.69, 9.17) is 5.73 Å². The van der Waals surface area contributed by atoms with Gasteiger partial charge in [-0.05, 0) is 19.8 Å². The van der Waals surface area contributed by atoms with Crippen molar-refractivity contribution in [2.75, 3.05) is 12.3 Å². The van der Waals surface area contributed by atoms with Gasteiger partial charge in [-0.15, -0.1) is 0 Å². The second kappa shape index (κ2) is 6.72. The van der Waals surface area contributed by atoms with E-state index in [0.717, 1.165) is 19.4 Å². The van der Waals surface area contributed by atoms with Gasteiger partial charge in [0.2, 0.25) is 10.0 Å². The average molecular weight is 312 g/mol. The molecule has 0 aliphatic heterocycles. The summed E-state index contributed by atoms with van der Waals surface area (Å²) in [7, 11) is -3.59. The smallest absolute Gasteiger partial charge is 0.245 e. The molecule has 3 N–H and O–H groups in total. The molecule has 2 rings (SSSR count). The summed E-state index contributed by atoms with van der Waals surface area (Å²) in [5, 5.41) is 3.94. The van der Waals surface area contributed by atoms with Gasteiger partial charge in [-0.2, -0.15) is 5.10 Å². The van der Waals surface area contributed by atoms with Crippen LogP contribution in [0, 0.1) is 0 Å². The Labute approximate surface area is 124 Å². The molecule has 21 heavy (non-hydrogen) atoms. The van der Waals surface area contributed by atoms with Gasteiger partial charge in [0.15, 0.2) is 5.82 Å². The maximum Gasteiger partial charge on any atom is 0.245 e. The number of sulfonamides is 1. The number of hydrogen-bond acceptors (Lipinski definition) is 5. The third-order valence-corrected chi connectivity index (χ3v) is 4.54. The van der Waals surface area contributed by atoms with Crippen molar-refractivity contribution in [3.63, 3.8) is 0 Å². The van der Waals surface area contributed by atoms with Crippen LogP contribution in [0.1, 0.15) is 19.8 Å². The van der Waals surface area contributed by atoms with Gasteiger partial charge in [-0.3, -0.25) is 4.68 Å². The minimum atomic E-state index is -3.59. The summed E-state index contributed by atoms with van der Waals surface area (Å²) in [5.74, 6) is 0.0303. The number of imidazole rings is 1.